The number of anilines is 2. The molecule has 10 heteroatoms. The third-order valence-corrected chi connectivity index (χ3v) is 6.94. The van der Waals surface area contributed by atoms with Crippen LogP contribution in [0.2, 0.25) is 0 Å². The molecule has 0 aliphatic carbocycles. The number of rotatable bonds is 10. The van der Waals surface area contributed by atoms with Gasteiger partial charge in [0.15, 0.2) is 6.61 Å². The molecule has 2 N–H and O–H groups in total. The minimum absolute atomic E-state index is 0.0753. The molecule has 2 heterocycles. The zero-order valence-electron chi connectivity index (χ0n) is 22.7. The predicted molar refractivity (Wildman–Crippen MR) is 152 cm³/mol. The van der Waals surface area contributed by atoms with Gasteiger partial charge in [-0.1, -0.05) is 37.8 Å². The second-order valence-electron chi connectivity index (χ2n) is 9.56. The van der Waals surface area contributed by atoms with Crippen LogP contribution in [0.15, 0.2) is 61.3 Å². The summed E-state index contributed by atoms with van der Waals surface area (Å²) in [6, 6.07) is 13.0. The first-order chi connectivity index (χ1) is 19.2. The Balaban J connectivity index is 1.35. The van der Waals surface area contributed by atoms with Crippen molar-refractivity contribution in [2.45, 2.75) is 19.6 Å². The number of ether oxygens (including phenoxy) is 1. The van der Waals surface area contributed by atoms with E-state index in [1.54, 1.807) is 31.5 Å². The maximum Gasteiger partial charge on any atom is 0.416 e. The number of carbonyl (C=O) groups is 1. The van der Waals surface area contributed by atoms with Crippen molar-refractivity contribution >= 4 is 23.5 Å². The fraction of sp³-hybridized carbons (Fsp3) is 0.333. The Bertz CT molecular complexity index is 1320. The van der Waals surface area contributed by atoms with Crippen LogP contribution in [-0.2, 0) is 17.5 Å². The fourth-order valence-electron chi connectivity index (χ4n) is 4.65. The van der Waals surface area contributed by atoms with Gasteiger partial charge in [-0.05, 0) is 48.0 Å². The van der Waals surface area contributed by atoms with Crippen molar-refractivity contribution < 1.29 is 22.7 Å². The number of alkyl halides is 3. The van der Waals surface area contributed by atoms with Gasteiger partial charge in [-0.3, -0.25) is 9.69 Å². The van der Waals surface area contributed by atoms with Crippen LogP contribution in [0.4, 0.5) is 24.7 Å². The second kappa shape index (κ2) is 13.0. The Labute approximate surface area is 232 Å². The number of nitrogens with zero attached hydrogens (tertiary/aromatic N) is 3. The molecule has 0 radical (unpaired) electrons. The van der Waals surface area contributed by atoms with E-state index >= 15 is 0 Å². The van der Waals surface area contributed by atoms with Crippen molar-refractivity contribution in [1.29, 1.82) is 0 Å². The van der Waals surface area contributed by atoms with Crippen LogP contribution >= 0.6 is 0 Å². The van der Waals surface area contributed by atoms with Crippen LogP contribution in [0.1, 0.15) is 23.6 Å². The minimum Gasteiger partial charge on any atom is -0.484 e. The molecule has 1 fully saturated rings. The molecule has 0 bridgehead atoms. The van der Waals surface area contributed by atoms with Gasteiger partial charge in [-0.2, -0.15) is 13.2 Å². The van der Waals surface area contributed by atoms with Gasteiger partial charge in [0.2, 0.25) is 0 Å². The first-order valence-electron chi connectivity index (χ1n) is 13.2. The van der Waals surface area contributed by atoms with Crippen molar-refractivity contribution in [3.8, 4) is 16.9 Å². The van der Waals surface area contributed by atoms with Crippen LogP contribution in [-0.4, -0.2) is 67.1 Å². The molecule has 4 rings (SSSR count). The number of nitrogens with one attached hydrogen (secondary N) is 2. The number of amides is 1. The number of pyridine rings is 1. The van der Waals surface area contributed by atoms with Crippen molar-refractivity contribution in [3.63, 3.8) is 0 Å². The van der Waals surface area contributed by atoms with Gasteiger partial charge in [-0.15, -0.1) is 0 Å². The Morgan fingerprint density at radius 2 is 1.75 bits per heavy atom. The van der Waals surface area contributed by atoms with E-state index in [1.807, 2.05) is 23.1 Å². The molecule has 0 spiro atoms. The number of likely N-dealkylation sites (N-methyl/N-ethyl adjacent to an activating group) is 1. The summed E-state index contributed by atoms with van der Waals surface area (Å²) in [6.07, 6.45) is -1.07. The van der Waals surface area contributed by atoms with E-state index in [-0.39, 0.29) is 24.4 Å². The van der Waals surface area contributed by atoms with Crippen molar-refractivity contribution in [1.82, 2.24) is 14.8 Å². The second-order valence-corrected chi connectivity index (χ2v) is 9.56. The van der Waals surface area contributed by atoms with Crippen LogP contribution in [0.5, 0.6) is 5.75 Å². The van der Waals surface area contributed by atoms with Crippen molar-refractivity contribution in [2.24, 2.45) is 0 Å². The number of aromatic nitrogens is 1. The SMILES string of the molecule is C=Cc1cc(-c2ccc(OCC(=O)Nc3ccc(CN4CCN(CC)CC4)c(C(F)(F)F)c3)cc2)cnc1NC. The topological polar surface area (TPSA) is 69.7 Å². The molecule has 1 amide bonds. The van der Waals surface area contributed by atoms with Gasteiger partial charge in [0, 0.05) is 62.8 Å². The van der Waals surface area contributed by atoms with Crippen LogP contribution in [0.25, 0.3) is 17.2 Å². The summed E-state index contributed by atoms with van der Waals surface area (Å²) in [5.41, 5.74) is 2.20. The zero-order chi connectivity index (χ0) is 28.7. The number of hydrogen-bond acceptors (Lipinski definition) is 6. The Hall–Kier alpha value is -3.89. The Morgan fingerprint density at radius 3 is 2.38 bits per heavy atom. The Kier molecular flexibility index (Phi) is 9.44. The van der Waals surface area contributed by atoms with E-state index in [1.165, 1.54) is 12.1 Å². The highest BCUT2D eigenvalue weighted by atomic mass is 19.4. The average molecular weight is 554 g/mol. The summed E-state index contributed by atoms with van der Waals surface area (Å²) in [4.78, 5) is 21.2. The van der Waals surface area contributed by atoms with E-state index in [0.717, 1.165) is 61.3 Å². The van der Waals surface area contributed by atoms with Gasteiger partial charge >= 0.3 is 6.18 Å². The molecule has 0 atom stereocenters. The van der Waals surface area contributed by atoms with E-state index < -0.39 is 17.6 Å². The molecule has 0 saturated carbocycles. The maximum absolute atomic E-state index is 13.9. The fourth-order valence-corrected chi connectivity index (χ4v) is 4.65. The third kappa shape index (κ3) is 7.40. The molecule has 7 nitrogen and oxygen atoms in total. The van der Waals surface area contributed by atoms with E-state index in [2.05, 4.69) is 34.0 Å². The van der Waals surface area contributed by atoms with Gasteiger partial charge in [0.1, 0.15) is 11.6 Å². The van der Waals surface area contributed by atoms with Crippen molar-refractivity contribution in [2.75, 3.05) is 57.0 Å². The number of hydrogen-bond donors (Lipinski definition) is 2. The highest BCUT2D eigenvalue weighted by Crippen LogP contribution is 2.34. The molecule has 1 aromatic heterocycles. The quantitative estimate of drug-likeness (QED) is 0.340. The summed E-state index contributed by atoms with van der Waals surface area (Å²) >= 11 is 0. The first-order valence-corrected chi connectivity index (χ1v) is 13.2. The lowest BCUT2D eigenvalue weighted by molar-refractivity contribution is -0.138. The number of carbonyl (C=O) groups excluding carboxylic acids is 1. The van der Waals surface area contributed by atoms with Crippen LogP contribution in [0.3, 0.4) is 0 Å². The monoisotopic (exact) mass is 553 g/mol. The highest BCUT2D eigenvalue weighted by Gasteiger charge is 2.34. The molecule has 40 heavy (non-hydrogen) atoms. The van der Waals surface area contributed by atoms with E-state index in [0.29, 0.717) is 5.75 Å². The molecule has 1 aliphatic rings. The molecular formula is C30H34F3N5O2. The lowest BCUT2D eigenvalue weighted by Gasteiger charge is -2.34. The van der Waals surface area contributed by atoms with Gasteiger partial charge in [-0.25, -0.2) is 4.98 Å². The largest absolute Gasteiger partial charge is 0.484 e. The van der Waals surface area contributed by atoms with Gasteiger partial charge in [0.05, 0.1) is 5.56 Å². The Morgan fingerprint density at radius 1 is 1.05 bits per heavy atom. The lowest BCUT2D eigenvalue weighted by Crippen LogP contribution is -2.45. The average Bonchev–Trinajstić information content (AvgIpc) is 2.96. The summed E-state index contributed by atoms with van der Waals surface area (Å²) in [5, 5.41) is 5.53. The van der Waals surface area contributed by atoms with Crippen LogP contribution < -0.4 is 15.4 Å². The third-order valence-electron chi connectivity index (χ3n) is 6.94. The zero-order valence-corrected chi connectivity index (χ0v) is 22.7. The minimum atomic E-state index is -4.53. The first kappa shape index (κ1) is 29.1. The van der Waals surface area contributed by atoms with Crippen LogP contribution in [0, 0.1) is 0 Å². The molecule has 212 valence electrons. The highest BCUT2D eigenvalue weighted by molar-refractivity contribution is 5.92. The van der Waals surface area contributed by atoms with Gasteiger partial charge < -0.3 is 20.3 Å². The van der Waals surface area contributed by atoms with E-state index in [4.69, 9.17) is 4.74 Å². The summed E-state index contributed by atoms with van der Waals surface area (Å²) in [7, 11) is 1.79. The number of benzene rings is 2. The molecule has 3 aromatic rings. The smallest absolute Gasteiger partial charge is 0.416 e. The summed E-state index contributed by atoms with van der Waals surface area (Å²) < 4.78 is 47.2. The standard InChI is InChI=1S/C30H34F3N5O2/c1-4-21-16-24(18-35-29(21)34-3)22-7-10-26(11-8-22)40-20-28(39)36-25-9-6-23(27(17-25)30(31,32)33)19-38-14-12-37(5-2)13-15-38/h4,6-11,16-18H,1,5,12-15,19-20H2,2-3H3,(H,34,35)(H,36,39). The maximum atomic E-state index is 13.9. The molecule has 1 aliphatic heterocycles. The number of piperazine rings is 1. The number of halogens is 3. The molecular weight excluding hydrogens is 519 g/mol. The lowest BCUT2D eigenvalue weighted by atomic mass is 10.0. The van der Waals surface area contributed by atoms with E-state index in [9.17, 15) is 18.0 Å². The van der Waals surface area contributed by atoms with Gasteiger partial charge in [0.25, 0.3) is 5.91 Å². The summed E-state index contributed by atoms with van der Waals surface area (Å²) in [5.74, 6) is 0.632. The molecule has 1 saturated heterocycles. The molecule has 0 unspecified atom stereocenters. The predicted octanol–water partition coefficient (Wildman–Crippen LogP) is 5.61. The normalized spacial score (nSPS) is 14.5. The van der Waals surface area contributed by atoms with Crippen molar-refractivity contribution in [3.05, 3.63) is 78.0 Å². The molecule has 2 aromatic carbocycles. The summed E-state index contributed by atoms with van der Waals surface area (Å²) in [6.45, 7) is 9.81.